The zero-order chi connectivity index (χ0) is 10.7. The van der Waals surface area contributed by atoms with Gasteiger partial charge in [0.2, 0.25) is 0 Å². The maximum Gasteiger partial charge on any atom is 0.163 e. The van der Waals surface area contributed by atoms with Crippen molar-refractivity contribution in [2.75, 3.05) is 11.9 Å². The lowest BCUT2D eigenvalue weighted by molar-refractivity contribution is 0.0981. The zero-order valence-electron chi connectivity index (χ0n) is 9.18. The number of hydrogen-bond acceptors (Lipinski definition) is 2. The van der Waals surface area contributed by atoms with Crippen molar-refractivity contribution in [1.82, 2.24) is 0 Å². The molecule has 1 aliphatic rings. The van der Waals surface area contributed by atoms with Crippen molar-refractivity contribution in [2.24, 2.45) is 0 Å². The lowest BCUT2D eigenvalue weighted by Crippen LogP contribution is -2.15. The first kappa shape index (κ1) is 10.2. The van der Waals surface area contributed by atoms with E-state index in [0.29, 0.717) is 6.42 Å². The molecule has 0 saturated heterocycles. The Bertz CT molecular complexity index is 371. The number of carbonyl (C=O) groups is 1. The van der Waals surface area contributed by atoms with Gasteiger partial charge in [0.05, 0.1) is 0 Å². The Kier molecular flexibility index (Phi) is 3.05. The van der Waals surface area contributed by atoms with Crippen molar-refractivity contribution in [2.45, 2.75) is 32.6 Å². The van der Waals surface area contributed by atoms with Crippen molar-refractivity contribution in [3.8, 4) is 0 Å². The number of rotatable bonds is 3. The summed E-state index contributed by atoms with van der Waals surface area (Å²) in [6.07, 6.45) is 3.75. The Labute approximate surface area is 90.7 Å². The summed E-state index contributed by atoms with van der Waals surface area (Å²) in [5, 5.41) is 3.35. The summed E-state index contributed by atoms with van der Waals surface area (Å²) in [5.74, 6) is 0.290. The molecule has 0 radical (unpaired) electrons. The molecule has 15 heavy (non-hydrogen) atoms. The minimum Gasteiger partial charge on any atom is -0.385 e. The molecule has 1 aromatic carbocycles. The van der Waals surface area contributed by atoms with Crippen LogP contribution in [0.4, 0.5) is 5.69 Å². The molecule has 0 saturated carbocycles. The minimum absolute atomic E-state index is 0.290. The lowest BCUT2D eigenvalue weighted by atomic mass is 9.94. The zero-order valence-corrected chi connectivity index (χ0v) is 9.18. The molecule has 1 heterocycles. The number of nitrogens with one attached hydrogen (secondary N) is 1. The molecule has 2 rings (SSSR count). The standard InChI is InChI=1S/C13H17NO/c1-2-5-13(15)11-6-3-8-12-10(11)7-4-9-14-12/h3,6,8,14H,2,4-5,7,9H2,1H3. The van der Waals surface area contributed by atoms with Gasteiger partial charge in [-0.05, 0) is 30.9 Å². The Morgan fingerprint density at radius 2 is 2.33 bits per heavy atom. The molecule has 80 valence electrons. The summed E-state index contributed by atoms with van der Waals surface area (Å²) in [4.78, 5) is 11.9. The second-order valence-corrected chi connectivity index (χ2v) is 4.04. The average Bonchev–Trinajstić information content (AvgIpc) is 2.28. The van der Waals surface area contributed by atoms with Crippen LogP contribution in [0.5, 0.6) is 0 Å². The smallest absolute Gasteiger partial charge is 0.163 e. The van der Waals surface area contributed by atoms with Crippen LogP contribution < -0.4 is 5.32 Å². The van der Waals surface area contributed by atoms with Crippen LogP contribution >= 0.6 is 0 Å². The van der Waals surface area contributed by atoms with Crippen molar-refractivity contribution >= 4 is 11.5 Å². The van der Waals surface area contributed by atoms with Crippen LogP contribution in [0.1, 0.15) is 42.1 Å². The van der Waals surface area contributed by atoms with Gasteiger partial charge < -0.3 is 5.32 Å². The highest BCUT2D eigenvalue weighted by Gasteiger charge is 2.16. The molecule has 0 fully saturated rings. The number of anilines is 1. The average molecular weight is 203 g/mol. The summed E-state index contributed by atoms with van der Waals surface area (Å²) in [6.45, 7) is 3.07. The molecule has 0 amide bonds. The van der Waals surface area contributed by atoms with Crippen LogP contribution in [0.2, 0.25) is 0 Å². The Hall–Kier alpha value is -1.31. The number of carbonyl (C=O) groups excluding carboxylic acids is 1. The fourth-order valence-electron chi connectivity index (χ4n) is 2.13. The molecule has 0 atom stereocenters. The van der Waals surface area contributed by atoms with E-state index in [1.165, 1.54) is 5.56 Å². The molecule has 0 bridgehead atoms. The van der Waals surface area contributed by atoms with Gasteiger partial charge in [0.15, 0.2) is 5.78 Å². The van der Waals surface area contributed by atoms with Crippen LogP contribution in [0, 0.1) is 0 Å². The quantitative estimate of drug-likeness (QED) is 0.765. The fourth-order valence-corrected chi connectivity index (χ4v) is 2.13. The van der Waals surface area contributed by atoms with Crippen molar-refractivity contribution in [3.05, 3.63) is 29.3 Å². The summed E-state index contributed by atoms with van der Waals surface area (Å²) in [7, 11) is 0. The Morgan fingerprint density at radius 3 is 3.13 bits per heavy atom. The van der Waals surface area contributed by atoms with Gasteiger partial charge in [-0.15, -0.1) is 0 Å². The highest BCUT2D eigenvalue weighted by atomic mass is 16.1. The van der Waals surface area contributed by atoms with Gasteiger partial charge in [0.1, 0.15) is 0 Å². The minimum atomic E-state index is 0.290. The first-order valence-corrected chi connectivity index (χ1v) is 5.72. The lowest BCUT2D eigenvalue weighted by Gasteiger charge is -2.20. The predicted molar refractivity (Wildman–Crippen MR) is 62.5 cm³/mol. The highest BCUT2D eigenvalue weighted by molar-refractivity contribution is 5.98. The SMILES string of the molecule is CCCC(=O)c1cccc2c1CCCN2. The maximum absolute atomic E-state index is 11.9. The fraction of sp³-hybridized carbons (Fsp3) is 0.462. The number of benzene rings is 1. The normalized spacial score (nSPS) is 14.2. The van der Waals surface area contributed by atoms with Gasteiger partial charge in [0, 0.05) is 24.2 Å². The largest absolute Gasteiger partial charge is 0.385 e. The topological polar surface area (TPSA) is 29.1 Å². The van der Waals surface area contributed by atoms with Gasteiger partial charge >= 0.3 is 0 Å². The summed E-state index contributed by atoms with van der Waals surface area (Å²) in [5.41, 5.74) is 3.31. The van der Waals surface area contributed by atoms with Crippen molar-refractivity contribution in [1.29, 1.82) is 0 Å². The first-order chi connectivity index (χ1) is 7.33. The Morgan fingerprint density at radius 1 is 1.47 bits per heavy atom. The number of ketones is 1. The molecule has 1 aromatic rings. The molecule has 0 aromatic heterocycles. The molecule has 0 spiro atoms. The van der Waals surface area contributed by atoms with Gasteiger partial charge in [0.25, 0.3) is 0 Å². The summed E-state index contributed by atoms with van der Waals surface area (Å²) in [6, 6.07) is 6.00. The van der Waals surface area contributed by atoms with Crippen LogP contribution in [-0.4, -0.2) is 12.3 Å². The van der Waals surface area contributed by atoms with E-state index >= 15 is 0 Å². The number of Topliss-reactive ketones (excluding diaryl/α,β-unsaturated/α-hetero) is 1. The highest BCUT2D eigenvalue weighted by Crippen LogP contribution is 2.26. The first-order valence-electron chi connectivity index (χ1n) is 5.72. The van der Waals surface area contributed by atoms with Crippen LogP contribution in [0.15, 0.2) is 18.2 Å². The molecular formula is C13H17NO. The van der Waals surface area contributed by atoms with Crippen LogP contribution in [-0.2, 0) is 6.42 Å². The molecule has 2 heteroatoms. The molecule has 0 aliphatic carbocycles. The molecule has 1 aliphatic heterocycles. The monoisotopic (exact) mass is 203 g/mol. The summed E-state index contributed by atoms with van der Waals surface area (Å²) < 4.78 is 0. The third kappa shape index (κ3) is 2.04. The third-order valence-corrected chi connectivity index (χ3v) is 2.87. The van der Waals surface area contributed by atoms with Gasteiger partial charge in [-0.3, -0.25) is 4.79 Å². The van der Waals surface area contributed by atoms with E-state index in [9.17, 15) is 4.79 Å². The van der Waals surface area contributed by atoms with E-state index < -0.39 is 0 Å². The van der Waals surface area contributed by atoms with Crippen molar-refractivity contribution < 1.29 is 4.79 Å². The molecule has 2 nitrogen and oxygen atoms in total. The molecular weight excluding hydrogens is 186 g/mol. The molecule has 1 N–H and O–H groups in total. The third-order valence-electron chi connectivity index (χ3n) is 2.87. The Balaban J connectivity index is 2.34. The van der Waals surface area contributed by atoms with Gasteiger partial charge in [-0.2, -0.15) is 0 Å². The van der Waals surface area contributed by atoms with E-state index in [-0.39, 0.29) is 5.78 Å². The second kappa shape index (κ2) is 4.47. The summed E-state index contributed by atoms with van der Waals surface area (Å²) >= 11 is 0. The van der Waals surface area contributed by atoms with Gasteiger partial charge in [-0.1, -0.05) is 19.1 Å². The number of fused-ring (bicyclic) bond motifs is 1. The molecule has 0 unspecified atom stereocenters. The van der Waals surface area contributed by atoms with Crippen molar-refractivity contribution in [3.63, 3.8) is 0 Å². The number of hydrogen-bond donors (Lipinski definition) is 1. The van der Waals surface area contributed by atoms with E-state index in [4.69, 9.17) is 0 Å². The van der Waals surface area contributed by atoms with E-state index in [0.717, 1.165) is 37.1 Å². The predicted octanol–water partition coefficient (Wildman–Crippen LogP) is 3.03. The van der Waals surface area contributed by atoms with E-state index in [2.05, 4.69) is 11.4 Å². The van der Waals surface area contributed by atoms with Crippen LogP contribution in [0.3, 0.4) is 0 Å². The second-order valence-electron chi connectivity index (χ2n) is 4.04. The van der Waals surface area contributed by atoms with Crippen LogP contribution in [0.25, 0.3) is 0 Å². The van der Waals surface area contributed by atoms with E-state index in [1.54, 1.807) is 0 Å². The maximum atomic E-state index is 11.9. The van der Waals surface area contributed by atoms with E-state index in [1.807, 2.05) is 19.1 Å². The van der Waals surface area contributed by atoms with Gasteiger partial charge in [-0.25, -0.2) is 0 Å².